The van der Waals surface area contributed by atoms with Gasteiger partial charge in [0.2, 0.25) is 5.91 Å². The summed E-state index contributed by atoms with van der Waals surface area (Å²) in [7, 11) is 0. The molecule has 3 aromatic rings. The van der Waals surface area contributed by atoms with Gasteiger partial charge in [-0.05, 0) is 29.7 Å². The number of rotatable bonds is 8. The third-order valence-corrected chi connectivity index (χ3v) is 4.12. The molecule has 1 heterocycles. The summed E-state index contributed by atoms with van der Waals surface area (Å²) in [6.07, 6.45) is 5.23. The van der Waals surface area contributed by atoms with Crippen molar-refractivity contribution in [3.05, 3.63) is 78.9 Å². The smallest absolute Gasteiger partial charge is 0.317 e. The summed E-state index contributed by atoms with van der Waals surface area (Å²) in [6, 6.07) is 16.1. The number of carboxylic acids is 1. The van der Waals surface area contributed by atoms with Gasteiger partial charge in [0.25, 0.3) is 0 Å². The maximum atomic E-state index is 12.8. The molecule has 1 aromatic heterocycles. The van der Waals surface area contributed by atoms with Crippen LogP contribution in [-0.4, -0.2) is 39.5 Å². The molecule has 1 atom stereocenters. The van der Waals surface area contributed by atoms with Crippen molar-refractivity contribution < 1.29 is 14.7 Å². The number of carbonyl (C=O) groups excluding carboxylic acids is 1. The molecule has 0 saturated heterocycles. The molecule has 28 heavy (non-hydrogen) atoms. The van der Waals surface area contributed by atoms with Crippen LogP contribution in [0, 0.1) is 0 Å². The Bertz CT molecular complexity index is 933. The van der Waals surface area contributed by atoms with E-state index in [2.05, 4.69) is 20.6 Å². The lowest BCUT2D eigenvalue weighted by Crippen LogP contribution is -2.44. The lowest BCUT2D eigenvalue weighted by atomic mass is 10.0. The molecule has 1 unspecified atom stereocenters. The van der Waals surface area contributed by atoms with E-state index in [-0.39, 0.29) is 12.5 Å². The first-order valence-corrected chi connectivity index (χ1v) is 8.77. The van der Waals surface area contributed by atoms with Crippen LogP contribution in [0.25, 0.3) is 11.1 Å². The van der Waals surface area contributed by atoms with Crippen molar-refractivity contribution in [2.24, 2.45) is 0 Å². The molecule has 142 valence electrons. The molecule has 0 radical (unpaired) electrons. The number of anilines is 1. The third-order valence-electron chi connectivity index (χ3n) is 4.12. The molecule has 2 aromatic carbocycles. The fourth-order valence-corrected chi connectivity index (χ4v) is 2.77. The molecule has 0 saturated carbocycles. The number of amides is 1. The minimum absolute atomic E-state index is 0.299. The molecule has 0 spiro atoms. The summed E-state index contributed by atoms with van der Waals surface area (Å²) >= 11 is 0. The van der Waals surface area contributed by atoms with Crippen LogP contribution in [0.15, 0.2) is 73.3 Å². The van der Waals surface area contributed by atoms with Crippen LogP contribution < -0.4 is 10.6 Å². The van der Waals surface area contributed by atoms with Crippen molar-refractivity contribution in [1.29, 1.82) is 0 Å². The predicted molar refractivity (Wildman–Crippen MR) is 106 cm³/mol. The standard InChI is InChI=1S/C21H20N4O3/c26-20(27)13-24-19(9-15-5-2-1-3-6-15)21(28)25-18-8-4-7-16(10-18)17-11-22-14-23-12-17/h1-8,10-12,14,19,24H,9,13H2,(H,25,28)(H,26,27). The van der Waals surface area contributed by atoms with Crippen LogP contribution in [0.2, 0.25) is 0 Å². The number of aromatic nitrogens is 2. The zero-order valence-electron chi connectivity index (χ0n) is 15.1. The first kappa shape index (κ1) is 19.2. The Hall–Kier alpha value is -3.58. The number of benzene rings is 2. The number of carboxylic acid groups (broad SMARTS) is 1. The van der Waals surface area contributed by atoms with E-state index in [1.54, 1.807) is 18.5 Å². The SMILES string of the molecule is O=C(O)CNC(Cc1ccccc1)C(=O)Nc1cccc(-c2cncnc2)c1. The zero-order chi connectivity index (χ0) is 19.8. The van der Waals surface area contributed by atoms with Crippen LogP contribution in [-0.2, 0) is 16.0 Å². The normalized spacial score (nSPS) is 11.6. The second-order valence-electron chi connectivity index (χ2n) is 6.21. The van der Waals surface area contributed by atoms with Gasteiger partial charge in [-0.25, -0.2) is 9.97 Å². The van der Waals surface area contributed by atoms with Gasteiger partial charge in [-0.3, -0.25) is 14.9 Å². The summed E-state index contributed by atoms with van der Waals surface area (Å²) < 4.78 is 0. The van der Waals surface area contributed by atoms with Gasteiger partial charge in [0.1, 0.15) is 6.33 Å². The number of hydrogen-bond acceptors (Lipinski definition) is 5. The Morgan fingerprint density at radius 3 is 2.43 bits per heavy atom. The van der Waals surface area contributed by atoms with E-state index < -0.39 is 12.0 Å². The summed E-state index contributed by atoms with van der Waals surface area (Å²) in [5.41, 5.74) is 3.26. The first-order chi connectivity index (χ1) is 13.6. The van der Waals surface area contributed by atoms with Gasteiger partial charge in [0, 0.05) is 23.6 Å². The zero-order valence-corrected chi connectivity index (χ0v) is 15.1. The van der Waals surface area contributed by atoms with Crippen molar-refractivity contribution in [1.82, 2.24) is 15.3 Å². The molecule has 3 N–H and O–H groups in total. The van der Waals surface area contributed by atoms with Crippen LogP contribution in [0.1, 0.15) is 5.56 Å². The van der Waals surface area contributed by atoms with Crippen LogP contribution >= 0.6 is 0 Å². The molecule has 3 rings (SSSR count). The van der Waals surface area contributed by atoms with E-state index in [4.69, 9.17) is 5.11 Å². The fraction of sp³-hybridized carbons (Fsp3) is 0.143. The summed E-state index contributed by atoms with van der Waals surface area (Å²) in [4.78, 5) is 31.7. The van der Waals surface area contributed by atoms with E-state index in [9.17, 15) is 9.59 Å². The number of carbonyl (C=O) groups is 2. The van der Waals surface area contributed by atoms with Crippen LogP contribution in [0.4, 0.5) is 5.69 Å². The van der Waals surface area contributed by atoms with Gasteiger partial charge in [-0.2, -0.15) is 0 Å². The van der Waals surface area contributed by atoms with E-state index in [0.717, 1.165) is 16.7 Å². The van der Waals surface area contributed by atoms with Gasteiger partial charge in [-0.15, -0.1) is 0 Å². The largest absolute Gasteiger partial charge is 0.480 e. The quantitative estimate of drug-likeness (QED) is 0.558. The second-order valence-corrected chi connectivity index (χ2v) is 6.21. The Labute approximate surface area is 162 Å². The highest BCUT2D eigenvalue weighted by Gasteiger charge is 2.20. The Morgan fingerprint density at radius 2 is 1.71 bits per heavy atom. The molecule has 0 aliphatic carbocycles. The lowest BCUT2D eigenvalue weighted by molar-refractivity contribution is -0.136. The molecule has 0 fully saturated rings. The summed E-state index contributed by atoms with van der Waals surface area (Å²) in [5, 5.41) is 14.6. The molecule has 7 heteroatoms. The van der Waals surface area contributed by atoms with Crippen molar-refractivity contribution in [3.63, 3.8) is 0 Å². The maximum Gasteiger partial charge on any atom is 0.317 e. The minimum atomic E-state index is -1.02. The third kappa shape index (κ3) is 5.46. The number of aliphatic carboxylic acids is 1. The van der Waals surface area contributed by atoms with Gasteiger partial charge < -0.3 is 10.4 Å². The molecule has 0 bridgehead atoms. The average Bonchev–Trinajstić information content (AvgIpc) is 2.72. The van der Waals surface area contributed by atoms with Crippen LogP contribution in [0.3, 0.4) is 0 Å². The summed E-state index contributed by atoms with van der Waals surface area (Å²) in [6.45, 7) is -0.299. The molecule has 0 aliphatic rings. The molecule has 1 amide bonds. The van der Waals surface area contributed by atoms with E-state index in [1.165, 1.54) is 6.33 Å². The minimum Gasteiger partial charge on any atom is -0.480 e. The average molecular weight is 376 g/mol. The van der Waals surface area contributed by atoms with E-state index in [1.807, 2.05) is 48.5 Å². The van der Waals surface area contributed by atoms with Crippen molar-refractivity contribution in [2.75, 3.05) is 11.9 Å². The van der Waals surface area contributed by atoms with Gasteiger partial charge in [0.15, 0.2) is 0 Å². The highest BCUT2D eigenvalue weighted by Crippen LogP contribution is 2.21. The van der Waals surface area contributed by atoms with Crippen molar-refractivity contribution in [3.8, 4) is 11.1 Å². The van der Waals surface area contributed by atoms with E-state index >= 15 is 0 Å². The number of hydrogen-bond donors (Lipinski definition) is 3. The van der Waals surface area contributed by atoms with Crippen molar-refractivity contribution in [2.45, 2.75) is 12.5 Å². The molecule has 0 aliphatic heterocycles. The fourth-order valence-electron chi connectivity index (χ4n) is 2.77. The highest BCUT2D eigenvalue weighted by molar-refractivity contribution is 5.95. The Kier molecular flexibility index (Phi) is 6.43. The van der Waals surface area contributed by atoms with Crippen molar-refractivity contribution >= 4 is 17.6 Å². The predicted octanol–water partition coefficient (Wildman–Crippen LogP) is 2.37. The maximum absolute atomic E-state index is 12.8. The molecule has 7 nitrogen and oxygen atoms in total. The topological polar surface area (TPSA) is 104 Å². The lowest BCUT2D eigenvalue weighted by Gasteiger charge is -2.18. The Morgan fingerprint density at radius 1 is 0.964 bits per heavy atom. The van der Waals surface area contributed by atoms with Crippen LogP contribution in [0.5, 0.6) is 0 Å². The second kappa shape index (κ2) is 9.38. The highest BCUT2D eigenvalue weighted by atomic mass is 16.4. The van der Waals surface area contributed by atoms with Gasteiger partial charge in [-0.1, -0.05) is 42.5 Å². The number of nitrogens with zero attached hydrogens (tertiary/aromatic N) is 2. The monoisotopic (exact) mass is 376 g/mol. The van der Waals surface area contributed by atoms with E-state index in [0.29, 0.717) is 12.1 Å². The first-order valence-electron chi connectivity index (χ1n) is 8.77. The summed E-state index contributed by atoms with van der Waals surface area (Å²) in [5.74, 6) is -1.32. The van der Waals surface area contributed by atoms with Gasteiger partial charge in [0.05, 0.1) is 12.6 Å². The number of nitrogens with one attached hydrogen (secondary N) is 2. The van der Waals surface area contributed by atoms with Gasteiger partial charge >= 0.3 is 5.97 Å². The molecular weight excluding hydrogens is 356 g/mol. The Balaban J connectivity index is 1.74. The molecular formula is C21H20N4O3.